The van der Waals surface area contributed by atoms with Gasteiger partial charge >= 0.3 is 5.97 Å². The van der Waals surface area contributed by atoms with Crippen molar-refractivity contribution >= 4 is 11.9 Å². The zero-order valence-electron chi connectivity index (χ0n) is 20.1. The molecule has 4 rings (SSSR count). The molecule has 0 saturated heterocycles. The minimum Gasteiger partial charge on any atom is -0.480 e. The molecule has 0 unspecified atom stereocenters. The highest BCUT2D eigenvalue weighted by atomic mass is 16.4. The van der Waals surface area contributed by atoms with Gasteiger partial charge < -0.3 is 20.6 Å². The Morgan fingerprint density at radius 2 is 1.66 bits per heavy atom. The summed E-state index contributed by atoms with van der Waals surface area (Å²) in [4.78, 5) is 22.7. The second-order valence-corrected chi connectivity index (χ2v) is 12.1. The van der Waals surface area contributed by atoms with Gasteiger partial charge in [-0.1, -0.05) is 20.8 Å². The molecule has 182 valence electrons. The van der Waals surface area contributed by atoms with Crippen molar-refractivity contribution in [3.63, 3.8) is 0 Å². The first kappa shape index (κ1) is 24.0. The van der Waals surface area contributed by atoms with Crippen LogP contribution < -0.4 is 5.32 Å². The maximum absolute atomic E-state index is 12.0. The summed E-state index contributed by atoms with van der Waals surface area (Å²) in [6, 6.07) is 0. The highest BCUT2D eigenvalue weighted by Gasteiger charge is 2.62. The van der Waals surface area contributed by atoms with Crippen LogP contribution in [-0.2, 0) is 9.59 Å². The number of rotatable bonds is 6. The monoisotopic (exact) mass is 449 g/mol. The number of carbonyl (C=O) groups excluding carboxylic acids is 1. The summed E-state index contributed by atoms with van der Waals surface area (Å²) in [5.41, 5.74) is 0.407. The van der Waals surface area contributed by atoms with E-state index in [1.54, 1.807) is 0 Å². The van der Waals surface area contributed by atoms with E-state index in [-0.39, 0.29) is 41.4 Å². The second kappa shape index (κ2) is 8.90. The Kier molecular flexibility index (Phi) is 6.68. The van der Waals surface area contributed by atoms with Crippen molar-refractivity contribution in [2.24, 2.45) is 46.3 Å². The Morgan fingerprint density at radius 3 is 2.38 bits per heavy atom. The zero-order valence-corrected chi connectivity index (χ0v) is 20.1. The summed E-state index contributed by atoms with van der Waals surface area (Å²) in [7, 11) is 0. The van der Waals surface area contributed by atoms with Crippen molar-refractivity contribution < 1.29 is 24.9 Å². The van der Waals surface area contributed by atoms with Gasteiger partial charge in [0.15, 0.2) is 0 Å². The smallest absolute Gasteiger partial charge is 0.322 e. The Labute approximate surface area is 192 Å². The molecule has 10 atom stereocenters. The van der Waals surface area contributed by atoms with E-state index in [0.29, 0.717) is 36.0 Å². The Balaban J connectivity index is 1.43. The second-order valence-electron chi connectivity index (χ2n) is 12.1. The van der Waals surface area contributed by atoms with Gasteiger partial charge in [0.1, 0.15) is 6.54 Å². The van der Waals surface area contributed by atoms with Gasteiger partial charge in [0.2, 0.25) is 5.91 Å². The third kappa shape index (κ3) is 4.11. The van der Waals surface area contributed by atoms with Crippen LogP contribution in [0.5, 0.6) is 0 Å². The fraction of sp³-hybridized carbons (Fsp3) is 0.923. The lowest BCUT2D eigenvalue weighted by atomic mass is 9.44. The van der Waals surface area contributed by atoms with E-state index in [1.165, 1.54) is 25.7 Å². The summed E-state index contributed by atoms with van der Waals surface area (Å²) in [6.45, 7) is 6.83. The quantitative estimate of drug-likeness (QED) is 0.496. The first-order valence-electron chi connectivity index (χ1n) is 12.9. The van der Waals surface area contributed by atoms with Crippen molar-refractivity contribution in [3.05, 3.63) is 0 Å². The normalized spacial score (nSPS) is 46.5. The van der Waals surface area contributed by atoms with Crippen molar-refractivity contribution in [3.8, 4) is 0 Å². The minimum atomic E-state index is -1.01. The molecule has 32 heavy (non-hydrogen) atoms. The molecule has 0 bridgehead atoms. The average molecular weight is 450 g/mol. The number of carboxylic acids is 1. The minimum absolute atomic E-state index is 0.148. The van der Waals surface area contributed by atoms with Gasteiger partial charge in [-0.15, -0.1) is 0 Å². The van der Waals surface area contributed by atoms with Gasteiger partial charge in [0.25, 0.3) is 0 Å². The number of fused-ring (bicyclic) bond motifs is 5. The molecule has 0 aliphatic heterocycles. The van der Waals surface area contributed by atoms with Gasteiger partial charge in [-0.05, 0) is 104 Å². The highest BCUT2D eigenvalue weighted by molar-refractivity contribution is 5.81. The van der Waals surface area contributed by atoms with Crippen molar-refractivity contribution in [1.29, 1.82) is 0 Å². The van der Waals surface area contributed by atoms with E-state index < -0.39 is 5.97 Å². The van der Waals surface area contributed by atoms with Crippen LogP contribution >= 0.6 is 0 Å². The maximum atomic E-state index is 12.0. The van der Waals surface area contributed by atoms with E-state index >= 15 is 0 Å². The average Bonchev–Trinajstić information content (AvgIpc) is 3.09. The van der Waals surface area contributed by atoms with E-state index in [1.807, 2.05) is 0 Å². The van der Waals surface area contributed by atoms with Gasteiger partial charge in [-0.25, -0.2) is 0 Å². The SMILES string of the molecule is C[C@H](CCC(=O)NCC(=O)O)[C@H]1CC[C@H]2[C@@H]3C[C@H](O)[C@@H]4C[C@H](O)CC[C@]4(C)[C@H]3CC[C@]12C. The number of hydrogen-bond acceptors (Lipinski definition) is 4. The molecule has 6 nitrogen and oxygen atoms in total. The van der Waals surface area contributed by atoms with Crippen LogP contribution in [0.4, 0.5) is 0 Å². The predicted octanol–water partition coefficient (Wildman–Crippen LogP) is 3.59. The van der Waals surface area contributed by atoms with Gasteiger partial charge in [-0.2, -0.15) is 0 Å². The van der Waals surface area contributed by atoms with E-state index in [2.05, 4.69) is 26.1 Å². The lowest BCUT2D eigenvalue weighted by Crippen LogP contribution is -2.58. The number of carbonyl (C=O) groups is 2. The topological polar surface area (TPSA) is 107 Å². The lowest BCUT2D eigenvalue weighted by molar-refractivity contribution is -0.172. The zero-order chi connectivity index (χ0) is 23.3. The van der Waals surface area contributed by atoms with Crippen LogP contribution in [0.15, 0.2) is 0 Å². The molecule has 1 amide bonds. The van der Waals surface area contributed by atoms with Crippen LogP contribution in [-0.4, -0.2) is 45.9 Å². The number of aliphatic hydroxyl groups excluding tert-OH is 2. The molecule has 0 aromatic carbocycles. The third-order valence-electron chi connectivity index (χ3n) is 10.7. The molecule has 4 fully saturated rings. The first-order chi connectivity index (χ1) is 15.1. The first-order valence-corrected chi connectivity index (χ1v) is 12.9. The molecule has 0 spiro atoms. The van der Waals surface area contributed by atoms with E-state index in [9.17, 15) is 19.8 Å². The number of amides is 1. The van der Waals surface area contributed by atoms with Crippen LogP contribution in [0.2, 0.25) is 0 Å². The molecule has 0 heterocycles. The number of hydrogen-bond donors (Lipinski definition) is 4. The maximum Gasteiger partial charge on any atom is 0.322 e. The summed E-state index contributed by atoms with van der Waals surface area (Å²) >= 11 is 0. The van der Waals surface area contributed by atoms with Crippen molar-refractivity contribution in [2.75, 3.05) is 6.54 Å². The van der Waals surface area contributed by atoms with Gasteiger partial charge in [-0.3, -0.25) is 9.59 Å². The van der Waals surface area contributed by atoms with Crippen LogP contribution in [0.1, 0.15) is 85.0 Å². The summed E-state index contributed by atoms with van der Waals surface area (Å²) in [6.07, 6.45) is 9.03. The Hall–Kier alpha value is -1.14. The Morgan fingerprint density at radius 1 is 0.969 bits per heavy atom. The molecular weight excluding hydrogens is 406 g/mol. The van der Waals surface area contributed by atoms with E-state index in [0.717, 1.165) is 32.1 Å². The Bertz CT molecular complexity index is 727. The van der Waals surface area contributed by atoms with Crippen molar-refractivity contribution in [2.45, 2.75) is 97.2 Å². The fourth-order valence-corrected chi connectivity index (χ4v) is 9.08. The molecule has 4 aliphatic carbocycles. The summed E-state index contributed by atoms with van der Waals surface area (Å²) in [5, 5.41) is 32.6. The van der Waals surface area contributed by atoms with Crippen molar-refractivity contribution in [1.82, 2.24) is 5.32 Å². The molecule has 4 N–H and O–H groups in total. The molecule has 4 saturated carbocycles. The predicted molar refractivity (Wildman–Crippen MR) is 122 cm³/mol. The van der Waals surface area contributed by atoms with Gasteiger partial charge in [0.05, 0.1) is 12.2 Å². The standard InChI is InChI=1S/C26H43NO5/c1-15(4-7-23(30)27-14-24(31)32)18-5-6-19-17-13-22(29)21-12-16(28)8-10-26(21,3)20(17)9-11-25(18,19)2/h15-22,28-29H,4-14H2,1-3H3,(H,27,30)(H,31,32)/t15-,16-,17+,18-,19+,20+,21+,22+,25-,26-/m1/s1. The van der Waals surface area contributed by atoms with Crippen LogP contribution in [0.25, 0.3) is 0 Å². The van der Waals surface area contributed by atoms with Gasteiger partial charge in [0, 0.05) is 6.42 Å². The molecule has 6 heteroatoms. The number of nitrogens with one attached hydrogen (secondary N) is 1. The fourth-order valence-electron chi connectivity index (χ4n) is 9.08. The lowest BCUT2D eigenvalue weighted by Gasteiger charge is -2.62. The molecular formula is C26H43NO5. The third-order valence-corrected chi connectivity index (χ3v) is 10.7. The number of aliphatic carboxylic acids is 1. The molecule has 0 aromatic heterocycles. The molecule has 0 aromatic rings. The largest absolute Gasteiger partial charge is 0.480 e. The summed E-state index contributed by atoms with van der Waals surface area (Å²) < 4.78 is 0. The molecule has 0 radical (unpaired) electrons. The highest BCUT2D eigenvalue weighted by Crippen LogP contribution is 2.68. The molecule has 4 aliphatic rings. The van der Waals surface area contributed by atoms with Crippen LogP contribution in [0.3, 0.4) is 0 Å². The number of carboxylic acid groups (broad SMARTS) is 1. The number of aliphatic hydroxyl groups is 2. The van der Waals surface area contributed by atoms with E-state index in [4.69, 9.17) is 5.11 Å². The summed E-state index contributed by atoms with van der Waals surface area (Å²) in [5.74, 6) is 1.92. The van der Waals surface area contributed by atoms with Crippen LogP contribution in [0, 0.1) is 46.3 Å².